The highest BCUT2D eigenvalue weighted by Gasteiger charge is 1.97. The van der Waals surface area contributed by atoms with E-state index in [2.05, 4.69) is 26.1 Å². The van der Waals surface area contributed by atoms with E-state index in [1.165, 1.54) is 0 Å². The molecule has 0 aromatic heterocycles. The SMILES string of the molecule is NC(N)=N/N=C/c1cccc(OCc2ccc(Br)cc2)c1. The molecule has 0 aliphatic heterocycles. The van der Waals surface area contributed by atoms with Crippen LogP contribution in [0.3, 0.4) is 0 Å². The van der Waals surface area contributed by atoms with Crippen molar-refractivity contribution in [2.75, 3.05) is 0 Å². The summed E-state index contributed by atoms with van der Waals surface area (Å²) in [6.07, 6.45) is 1.56. The Bertz CT molecular complexity index is 649. The average molecular weight is 347 g/mol. The standard InChI is InChI=1S/C15H15BrN4O/c16-13-6-4-11(5-7-13)10-21-14-3-1-2-12(8-14)9-19-20-15(17)18/h1-9H,10H2,(H4,17,18,20)/b19-9+. The van der Waals surface area contributed by atoms with Crippen LogP contribution in [0.2, 0.25) is 0 Å². The van der Waals surface area contributed by atoms with E-state index in [0.717, 1.165) is 21.3 Å². The number of nitrogens with zero attached hydrogens (tertiary/aromatic N) is 2. The topological polar surface area (TPSA) is 86.0 Å². The van der Waals surface area contributed by atoms with Crippen molar-refractivity contribution in [2.45, 2.75) is 6.61 Å². The van der Waals surface area contributed by atoms with E-state index in [1.807, 2.05) is 48.5 Å². The average Bonchev–Trinajstić information content (AvgIpc) is 2.47. The van der Waals surface area contributed by atoms with E-state index in [9.17, 15) is 0 Å². The maximum atomic E-state index is 5.74. The summed E-state index contributed by atoms with van der Waals surface area (Å²) < 4.78 is 6.78. The fraction of sp³-hybridized carbons (Fsp3) is 0.0667. The van der Waals surface area contributed by atoms with E-state index in [0.29, 0.717) is 6.61 Å². The lowest BCUT2D eigenvalue weighted by molar-refractivity contribution is 0.306. The summed E-state index contributed by atoms with van der Waals surface area (Å²) in [5, 5.41) is 7.31. The maximum Gasteiger partial charge on any atom is 0.211 e. The van der Waals surface area contributed by atoms with Crippen LogP contribution in [0.25, 0.3) is 0 Å². The molecule has 108 valence electrons. The van der Waals surface area contributed by atoms with Crippen LogP contribution in [0, 0.1) is 0 Å². The smallest absolute Gasteiger partial charge is 0.211 e. The van der Waals surface area contributed by atoms with Gasteiger partial charge in [-0.15, -0.1) is 5.10 Å². The van der Waals surface area contributed by atoms with Crippen LogP contribution in [-0.4, -0.2) is 12.2 Å². The van der Waals surface area contributed by atoms with Gasteiger partial charge in [0.15, 0.2) is 0 Å². The quantitative estimate of drug-likeness (QED) is 0.495. The van der Waals surface area contributed by atoms with Crippen LogP contribution in [-0.2, 0) is 6.61 Å². The predicted octanol–water partition coefficient (Wildman–Crippen LogP) is 2.64. The molecule has 0 saturated carbocycles. The van der Waals surface area contributed by atoms with Crippen molar-refractivity contribution in [3.05, 3.63) is 64.1 Å². The van der Waals surface area contributed by atoms with Crippen molar-refractivity contribution < 1.29 is 4.74 Å². The number of guanidine groups is 1. The molecule has 2 rings (SSSR count). The number of halogens is 1. The van der Waals surface area contributed by atoms with Gasteiger partial charge in [-0.3, -0.25) is 0 Å². The predicted molar refractivity (Wildman–Crippen MR) is 88.3 cm³/mol. The van der Waals surface area contributed by atoms with Gasteiger partial charge >= 0.3 is 0 Å². The van der Waals surface area contributed by atoms with Gasteiger partial charge < -0.3 is 16.2 Å². The van der Waals surface area contributed by atoms with E-state index >= 15 is 0 Å². The molecule has 0 saturated heterocycles. The molecule has 0 heterocycles. The van der Waals surface area contributed by atoms with Gasteiger partial charge in [-0.05, 0) is 35.4 Å². The summed E-state index contributed by atoms with van der Waals surface area (Å²) in [7, 11) is 0. The minimum atomic E-state index is -0.0751. The molecule has 0 bridgehead atoms. The summed E-state index contributed by atoms with van der Waals surface area (Å²) >= 11 is 3.40. The van der Waals surface area contributed by atoms with Crippen molar-refractivity contribution in [2.24, 2.45) is 21.7 Å². The zero-order chi connectivity index (χ0) is 15.1. The van der Waals surface area contributed by atoms with Gasteiger partial charge in [0.25, 0.3) is 0 Å². The van der Waals surface area contributed by atoms with Crippen molar-refractivity contribution in [1.82, 2.24) is 0 Å². The molecular weight excluding hydrogens is 332 g/mol. The second-order valence-electron chi connectivity index (χ2n) is 4.26. The number of ether oxygens (including phenoxy) is 1. The molecule has 0 aliphatic rings. The number of hydrogen-bond donors (Lipinski definition) is 2. The van der Waals surface area contributed by atoms with Crippen molar-refractivity contribution in [1.29, 1.82) is 0 Å². The fourth-order valence-corrected chi connectivity index (χ4v) is 1.86. The van der Waals surface area contributed by atoms with Gasteiger partial charge in [0.1, 0.15) is 12.4 Å². The Morgan fingerprint density at radius 2 is 1.90 bits per heavy atom. The minimum Gasteiger partial charge on any atom is -0.489 e. The molecule has 2 aromatic rings. The van der Waals surface area contributed by atoms with Crippen LogP contribution in [0.4, 0.5) is 0 Å². The molecule has 0 fully saturated rings. The first-order valence-corrected chi connectivity index (χ1v) is 7.02. The van der Waals surface area contributed by atoms with E-state index < -0.39 is 0 Å². The van der Waals surface area contributed by atoms with Gasteiger partial charge in [0.05, 0.1) is 6.21 Å². The molecular formula is C15H15BrN4O. The Balaban J connectivity index is 1.99. The Kier molecular flexibility index (Phi) is 5.34. The molecule has 0 spiro atoms. The van der Waals surface area contributed by atoms with Crippen LogP contribution >= 0.6 is 15.9 Å². The van der Waals surface area contributed by atoms with Crippen molar-refractivity contribution in [3.8, 4) is 5.75 Å². The molecule has 0 aliphatic carbocycles. The van der Waals surface area contributed by atoms with Crippen LogP contribution in [0.15, 0.2) is 63.2 Å². The summed E-state index contributed by atoms with van der Waals surface area (Å²) in [4.78, 5) is 0. The Morgan fingerprint density at radius 3 is 2.62 bits per heavy atom. The first kappa shape index (κ1) is 15.1. The molecule has 4 N–H and O–H groups in total. The minimum absolute atomic E-state index is 0.0751. The first-order valence-electron chi connectivity index (χ1n) is 6.23. The summed E-state index contributed by atoms with van der Waals surface area (Å²) in [6.45, 7) is 0.502. The zero-order valence-electron chi connectivity index (χ0n) is 11.2. The molecule has 2 aromatic carbocycles. The third-order valence-corrected chi connectivity index (χ3v) is 3.09. The lowest BCUT2D eigenvalue weighted by Gasteiger charge is -2.07. The number of rotatable bonds is 5. The van der Waals surface area contributed by atoms with Crippen LogP contribution in [0.1, 0.15) is 11.1 Å². The van der Waals surface area contributed by atoms with Crippen molar-refractivity contribution in [3.63, 3.8) is 0 Å². The third kappa shape index (κ3) is 5.27. The molecule has 5 nitrogen and oxygen atoms in total. The summed E-state index contributed by atoms with van der Waals surface area (Å²) in [5.41, 5.74) is 12.3. The highest BCUT2D eigenvalue weighted by molar-refractivity contribution is 9.10. The lowest BCUT2D eigenvalue weighted by Crippen LogP contribution is -2.21. The molecule has 0 amide bonds. The zero-order valence-corrected chi connectivity index (χ0v) is 12.8. The van der Waals surface area contributed by atoms with Gasteiger partial charge in [0, 0.05) is 4.47 Å². The maximum absolute atomic E-state index is 5.74. The van der Waals surface area contributed by atoms with E-state index in [4.69, 9.17) is 16.2 Å². The Morgan fingerprint density at radius 1 is 1.14 bits per heavy atom. The highest BCUT2D eigenvalue weighted by atomic mass is 79.9. The molecule has 0 unspecified atom stereocenters. The van der Waals surface area contributed by atoms with Crippen LogP contribution in [0.5, 0.6) is 5.75 Å². The summed E-state index contributed by atoms with van der Waals surface area (Å²) in [6, 6.07) is 15.5. The first-order chi connectivity index (χ1) is 10.1. The molecule has 0 radical (unpaired) electrons. The lowest BCUT2D eigenvalue weighted by atomic mass is 10.2. The second kappa shape index (κ2) is 7.44. The molecule has 21 heavy (non-hydrogen) atoms. The van der Waals surface area contributed by atoms with Crippen LogP contribution < -0.4 is 16.2 Å². The largest absolute Gasteiger partial charge is 0.489 e. The second-order valence-corrected chi connectivity index (χ2v) is 5.17. The third-order valence-electron chi connectivity index (χ3n) is 2.56. The molecule has 6 heteroatoms. The monoisotopic (exact) mass is 346 g/mol. The van der Waals surface area contributed by atoms with E-state index in [-0.39, 0.29) is 5.96 Å². The van der Waals surface area contributed by atoms with Gasteiger partial charge in [-0.25, -0.2) is 0 Å². The van der Waals surface area contributed by atoms with Crippen molar-refractivity contribution >= 4 is 28.1 Å². The number of hydrogen-bond acceptors (Lipinski definition) is 3. The number of benzene rings is 2. The fourth-order valence-electron chi connectivity index (χ4n) is 1.59. The Labute approximate surface area is 131 Å². The van der Waals surface area contributed by atoms with E-state index in [1.54, 1.807) is 6.21 Å². The highest BCUT2D eigenvalue weighted by Crippen LogP contribution is 2.16. The summed E-state index contributed by atoms with van der Waals surface area (Å²) in [5.74, 6) is 0.681. The molecule has 0 atom stereocenters. The van der Waals surface area contributed by atoms with Gasteiger partial charge in [0.2, 0.25) is 5.96 Å². The normalized spacial score (nSPS) is 10.5. The Hall–Kier alpha value is -2.34. The van der Waals surface area contributed by atoms with Gasteiger partial charge in [-0.1, -0.05) is 40.2 Å². The number of nitrogens with two attached hydrogens (primary N) is 2. The van der Waals surface area contributed by atoms with Gasteiger partial charge in [-0.2, -0.15) is 5.10 Å².